The maximum Gasteiger partial charge on any atom is 0.220 e. The van der Waals surface area contributed by atoms with Crippen LogP contribution >= 0.6 is 0 Å². The van der Waals surface area contributed by atoms with Gasteiger partial charge in [-0.2, -0.15) is 15.0 Å². The van der Waals surface area contributed by atoms with E-state index < -0.39 is 5.54 Å². The van der Waals surface area contributed by atoms with Gasteiger partial charge in [-0.1, -0.05) is 60.7 Å². The fraction of sp³-hybridized carbons (Fsp3) is 0.259. The van der Waals surface area contributed by atoms with Gasteiger partial charge in [0.05, 0.1) is 18.4 Å². The Morgan fingerprint density at radius 2 is 1.82 bits per heavy atom. The fourth-order valence-electron chi connectivity index (χ4n) is 4.61. The van der Waals surface area contributed by atoms with Gasteiger partial charge in [0.2, 0.25) is 11.8 Å². The van der Waals surface area contributed by atoms with Crippen molar-refractivity contribution in [1.82, 2.24) is 25.6 Å². The summed E-state index contributed by atoms with van der Waals surface area (Å²) >= 11 is 0. The summed E-state index contributed by atoms with van der Waals surface area (Å²) in [4.78, 5) is 26.3. The van der Waals surface area contributed by atoms with E-state index in [1.54, 1.807) is 11.0 Å². The molecule has 1 unspecified atom stereocenters. The van der Waals surface area contributed by atoms with Gasteiger partial charge in [-0.05, 0) is 47.7 Å². The van der Waals surface area contributed by atoms with Gasteiger partial charge in [-0.15, -0.1) is 0 Å². The molecule has 0 aliphatic carbocycles. The van der Waals surface area contributed by atoms with Gasteiger partial charge in [-0.3, -0.25) is 9.59 Å². The molecule has 7 heteroatoms. The number of hydrogen-bond acceptors (Lipinski definition) is 4. The molecule has 3 aromatic carbocycles. The number of carbonyl (C=O) groups excluding carboxylic acids is 2. The number of para-hydroxylation sites is 1. The van der Waals surface area contributed by atoms with Crippen LogP contribution in [0.4, 0.5) is 0 Å². The summed E-state index contributed by atoms with van der Waals surface area (Å²) in [7, 11) is 0. The van der Waals surface area contributed by atoms with Crippen molar-refractivity contribution in [2.24, 2.45) is 0 Å². The third-order valence-corrected chi connectivity index (χ3v) is 6.42. The summed E-state index contributed by atoms with van der Waals surface area (Å²) in [5.41, 5.74) is 2.33. The molecule has 7 nitrogen and oxygen atoms in total. The van der Waals surface area contributed by atoms with E-state index in [4.69, 9.17) is 0 Å². The highest BCUT2D eigenvalue weighted by Gasteiger charge is 2.37. The van der Waals surface area contributed by atoms with Crippen LogP contribution in [0.15, 0.2) is 79.0 Å². The number of hydrogen-bond donors (Lipinski definition) is 2. The van der Waals surface area contributed by atoms with Crippen LogP contribution < -0.4 is 10.6 Å². The van der Waals surface area contributed by atoms with Crippen molar-refractivity contribution in [1.29, 1.82) is 0 Å². The summed E-state index contributed by atoms with van der Waals surface area (Å²) < 4.78 is 0. The molecule has 2 amide bonds. The van der Waals surface area contributed by atoms with Crippen molar-refractivity contribution in [3.05, 3.63) is 90.3 Å². The van der Waals surface area contributed by atoms with Crippen LogP contribution in [0.1, 0.15) is 36.9 Å². The maximum absolute atomic E-state index is 12.6. The highest BCUT2D eigenvalue weighted by Crippen LogP contribution is 2.30. The van der Waals surface area contributed by atoms with Crippen LogP contribution in [0.3, 0.4) is 0 Å². The Bertz CT molecular complexity index is 1320. The van der Waals surface area contributed by atoms with Crippen molar-refractivity contribution in [2.45, 2.75) is 44.2 Å². The van der Waals surface area contributed by atoms with Crippen molar-refractivity contribution in [3.63, 3.8) is 0 Å². The zero-order valence-corrected chi connectivity index (χ0v) is 18.9. The lowest BCUT2D eigenvalue weighted by Gasteiger charge is -2.29. The predicted octanol–water partition coefficient (Wildman–Crippen LogP) is 3.71. The Kier molecular flexibility index (Phi) is 6.08. The number of amides is 2. The van der Waals surface area contributed by atoms with Crippen molar-refractivity contribution < 1.29 is 9.59 Å². The van der Waals surface area contributed by atoms with Crippen LogP contribution in [0, 0.1) is 0 Å². The molecule has 1 aliphatic rings. The molecule has 172 valence electrons. The van der Waals surface area contributed by atoms with Gasteiger partial charge in [0.15, 0.2) is 0 Å². The summed E-state index contributed by atoms with van der Waals surface area (Å²) in [6.45, 7) is 0.315. The Hall–Kier alpha value is -4.00. The quantitative estimate of drug-likeness (QED) is 0.426. The van der Waals surface area contributed by atoms with Crippen LogP contribution in [0.5, 0.6) is 0 Å². The average molecular weight is 454 g/mol. The highest BCUT2D eigenvalue weighted by molar-refractivity contribution is 5.83. The van der Waals surface area contributed by atoms with Gasteiger partial charge in [0, 0.05) is 18.4 Å². The third-order valence-electron chi connectivity index (χ3n) is 6.42. The molecular weight excluding hydrogens is 426 g/mol. The molecule has 0 bridgehead atoms. The second kappa shape index (κ2) is 9.47. The molecule has 1 fully saturated rings. The van der Waals surface area contributed by atoms with Crippen molar-refractivity contribution in [3.8, 4) is 5.69 Å². The minimum Gasteiger partial charge on any atom is -0.350 e. The summed E-state index contributed by atoms with van der Waals surface area (Å²) in [5, 5.41) is 17.2. The molecule has 2 N–H and O–H groups in total. The first-order valence-electron chi connectivity index (χ1n) is 11.6. The Morgan fingerprint density at radius 1 is 1.03 bits per heavy atom. The molecule has 1 aromatic heterocycles. The molecule has 2 heterocycles. The lowest BCUT2D eigenvalue weighted by molar-refractivity contribution is -0.122. The molecule has 34 heavy (non-hydrogen) atoms. The molecule has 5 rings (SSSR count). The second-order valence-corrected chi connectivity index (χ2v) is 8.92. The van der Waals surface area contributed by atoms with E-state index in [0.717, 1.165) is 12.1 Å². The first-order valence-corrected chi connectivity index (χ1v) is 11.6. The normalized spacial score (nSPS) is 17.6. The fourth-order valence-corrected chi connectivity index (χ4v) is 4.61. The highest BCUT2D eigenvalue weighted by atomic mass is 16.2. The molecule has 1 atom stereocenters. The molecule has 0 saturated carbocycles. The van der Waals surface area contributed by atoms with E-state index in [1.807, 2.05) is 42.5 Å². The largest absolute Gasteiger partial charge is 0.350 e. The van der Waals surface area contributed by atoms with Gasteiger partial charge in [-0.25, -0.2) is 0 Å². The standard InChI is InChI=1S/C27H27N5O2/c33-25(28-18-23-19-29-32(31-23)24-8-2-1-3-9-24)12-14-27(15-13-26(34)30-27)17-20-10-11-21-6-4-5-7-22(21)16-20/h1-11,16,19H,12-15,17-18H2,(H,28,33)(H,30,34). The van der Waals surface area contributed by atoms with Gasteiger partial charge in [0.1, 0.15) is 5.69 Å². The predicted molar refractivity (Wildman–Crippen MR) is 130 cm³/mol. The number of nitrogens with one attached hydrogen (secondary N) is 2. The van der Waals surface area contributed by atoms with E-state index >= 15 is 0 Å². The smallest absolute Gasteiger partial charge is 0.220 e. The minimum absolute atomic E-state index is 0.0544. The van der Waals surface area contributed by atoms with Crippen LogP contribution in [-0.4, -0.2) is 32.3 Å². The van der Waals surface area contributed by atoms with E-state index in [-0.39, 0.29) is 11.8 Å². The van der Waals surface area contributed by atoms with Crippen molar-refractivity contribution >= 4 is 22.6 Å². The Labute approximate surface area is 198 Å². The summed E-state index contributed by atoms with van der Waals surface area (Å²) in [6.07, 6.45) is 4.53. The second-order valence-electron chi connectivity index (χ2n) is 8.92. The van der Waals surface area contributed by atoms with Gasteiger partial charge >= 0.3 is 0 Å². The average Bonchev–Trinajstić information content (AvgIpc) is 3.49. The monoisotopic (exact) mass is 453 g/mol. The van der Waals surface area contributed by atoms with E-state index in [2.05, 4.69) is 51.2 Å². The number of carbonyl (C=O) groups is 2. The summed E-state index contributed by atoms with van der Waals surface area (Å²) in [6, 6.07) is 24.3. The number of fused-ring (bicyclic) bond motifs is 1. The molecule has 0 spiro atoms. The van der Waals surface area contributed by atoms with Crippen LogP contribution in [0.2, 0.25) is 0 Å². The lowest BCUT2D eigenvalue weighted by atomic mass is 9.84. The van der Waals surface area contributed by atoms with E-state index in [1.165, 1.54) is 16.3 Å². The number of rotatable bonds is 8. The van der Waals surface area contributed by atoms with Gasteiger partial charge in [0.25, 0.3) is 0 Å². The Balaban J connectivity index is 1.19. The molecule has 4 aromatic rings. The number of benzene rings is 3. The number of aromatic nitrogens is 3. The topological polar surface area (TPSA) is 88.9 Å². The van der Waals surface area contributed by atoms with E-state index in [0.29, 0.717) is 37.9 Å². The van der Waals surface area contributed by atoms with Crippen molar-refractivity contribution in [2.75, 3.05) is 0 Å². The first-order chi connectivity index (χ1) is 16.6. The van der Waals surface area contributed by atoms with Gasteiger partial charge < -0.3 is 10.6 Å². The van der Waals surface area contributed by atoms with Crippen LogP contribution in [-0.2, 0) is 22.6 Å². The lowest BCUT2D eigenvalue weighted by Crippen LogP contribution is -2.44. The number of nitrogens with zero attached hydrogens (tertiary/aromatic N) is 3. The molecular formula is C27H27N5O2. The zero-order valence-electron chi connectivity index (χ0n) is 18.9. The Morgan fingerprint density at radius 3 is 2.62 bits per heavy atom. The minimum atomic E-state index is -0.396. The SMILES string of the molecule is O=C(CCC1(Cc2ccc3ccccc3c2)CCC(=O)N1)NCc1cnn(-c2ccccc2)n1. The first kappa shape index (κ1) is 21.8. The van der Waals surface area contributed by atoms with Crippen LogP contribution in [0.25, 0.3) is 16.5 Å². The molecule has 0 radical (unpaired) electrons. The zero-order chi connectivity index (χ0) is 23.4. The third kappa shape index (κ3) is 4.98. The maximum atomic E-state index is 12.6. The molecule has 1 saturated heterocycles. The van der Waals surface area contributed by atoms with E-state index in [9.17, 15) is 9.59 Å². The summed E-state index contributed by atoms with van der Waals surface area (Å²) in [5.74, 6) is -0.00739. The molecule has 1 aliphatic heterocycles.